The van der Waals surface area contributed by atoms with Crippen molar-refractivity contribution in [1.82, 2.24) is 10.2 Å². The Morgan fingerprint density at radius 1 is 1.22 bits per heavy atom. The fraction of sp³-hybridized carbons (Fsp3) is 1.00. The molecule has 0 aromatic rings. The van der Waals surface area contributed by atoms with Gasteiger partial charge in [0.05, 0.1) is 5.60 Å². The van der Waals surface area contributed by atoms with Crippen LogP contribution in [0.25, 0.3) is 0 Å². The summed E-state index contributed by atoms with van der Waals surface area (Å²) in [6.07, 6.45) is 7.95. The standard InChI is InChI=1S/C15H32N2O/c1-5-13-7-6-8-14(10-9-13)16-11-15(2,18)12-17(3)4/h13-14,16,18H,5-12H2,1-4H3. The molecule has 1 fully saturated rings. The Morgan fingerprint density at radius 3 is 2.56 bits per heavy atom. The van der Waals surface area contributed by atoms with Gasteiger partial charge >= 0.3 is 0 Å². The molecule has 1 saturated carbocycles. The van der Waals surface area contributed by atoms with Crippen molar-refractivity contribution >= 4 is 0 Å². The van der Waals surface area contributed by atoms with Crippen molar-refractivity contribution in [3.8, 4) is 0 Å². The Kier molecular flexibility index (Phi) is 6.61. The lowest BCUT2D eigenvalue weighted by atomic mass is 9.97. The van der Waals surface area contributed by atoms with Gasteiger partial charge in [0.15, 0.2) is 0 Å². The van der Waals surface area contributed by atoms with Crippen molar-refractivity contribution in [2.45, 2.75) is 64.0 Å². The van der Waals surface area contributed by atoms with Crippen LogP contribution in [0, 0.1) is 5.92 Å². The van der Waals surface area contributed by atoms with Gasteiger partial charge in [-0.2, -0.15) is 0 Å². The average molecular weight is 256 g/mol. The highest BCUT2D eigenvalue weighted by atomic mass is 16.3. The van der Waals surface area contributed by atoms with E-state index in [2.05, 4.69) is 12.2 Å². The Balaban J connectivity index is 2.30. The third-order valence-corrected chi connectivity index (χ3v) is 4.09. The summed E-state index contributed by atoms with van der Waals surface area (Å²) in [5, 5.41) is 13.9. The van der Waals surface area contributed by atoms with E-state index in [9.17, 15) is 5.11 Å². The van der Waals surface area contributed by atoms with Crippen LogP contribution in [0.5, 0.6) is 0 Å². The van der Waals surface area contributed by atoms with Gasteiger partial charge < -0.3 is 15.3 Å². The van der Waals surface area contributed by atoms with E-state index in [-0.39, 0.29) is 0 Å². The summed E-state index contributed by atoms with van der Waals surface area (Å²) < 4.78 is 0. The van der Waals surface area contributed by atoms with Crippen molar-refractivity contribution in [1.29, 1.82) is 0 Å². The Labute approximate surface area is 113 Å². The Bertz CT molecular complexity index is 229. The number of nitrogens with one attached hydrogen (secondary N) is 1. The molecule has 0 spiro atoms. The third kappa shape index (κ3) is 6.17. The van der Waals surface area contributed by atoms with Gasteiger partial charge in [-0.1, -0.05) is 26.2 Å². The molecule has 3 unspecified atom stereocenters. The molecule has 0 aromatic carbocycles. The van der Waals surface area contributed by atoms with Crippen LogP contribution < -0.4 is 5.32 Å². The minimum Gasteiger partial charge on any atom is -0.388 e. The second-order valence-corrected chi connectivity index (χ2v) is 6.60. The van der Waals surface area contributed by atoms with Crippen molar-refractivity contribution in [2.75, 3.05) is 27.2 Å². The van der Waals surface area contributed by atoms with E-state index in [0.717, 1.165) is 5.92 Å². The quantitative estimate of drug-likeness (QED) is 0.716. The summed E-state index contributed by atoms with van der Waals surface area (Å²) in [7, 11) is 4.01. The molecule has 3 nitrogen and oxygen atoms in total. The predicted molar refractivity (Wildman–Crippen MR) is 77.8 cm³/mol. The first-order valence-electron chi connectivity index (χ1n) is 7.53. The molecular formula is C15H32N2O. The van der Waals surface area contributed by atoms with Gasteiger partial charge in [0.2, 0.25) is 0 Å². The number of hydrogen-bond acceptors (Lipinski definition) is 3. The van der Waals surface area contributed by atoms with Crippen LogP contribution in [-0.2, 0) is 0 Å². The summed E-state index contributed by atoms with van der Waals surface area (Å²) in [4.78, 5) is 2.04. The zero-order chi connectivity index (χ0) is 13.6. The van der Waals surface area contributed by atoms with Gasteiger partial charge in [-0.15, -0.1) is 0 Å². The molecule has 1 aliphatic carbocycles. The van der Waals surface area contributed by atoms with E-state index in [4.69, 9.17) is 0 Å². The van der Waals surface area contributed by atoms with Gasteiger partial charge in [-0.25, -0.2) is 0 Å². The molecule has 2 N–H and O–H groups in total. The van der Waals surface area contributed by atoms with Crippen molar-refractivity contribution < 1.29 is 5.11 Å². The molecule has 1 rings (SSSR count). The Morgan fingerprint density at radius 2 is 1.94 bits per heavy atom. The minimum absolute atomic E-state index is 0.607. The summed E-state index contributed by atoms with van der Waals surface area (Å²) in [6.45, 7) is 5.64. The molecule has 1 aliphatic rings. The molecule has 0 heterocycles. The zero-order valence-electron chi connectivity index (χ0n) is 12.7. The highest BCUT2D eigenvalue weighted by Crippen LogP contribution is 2.25. The van der Waals surface area contributed by atoms with Crippen LogP contribution in [0.3, 0.4) is 0 Å². The van der Waals surface area contributed by atoms with Crippen LogP contribution >= 0.6 is 0 Å². The van der Waals surface area contributed by atoms with Gasteiger partial charge in [0.1, 0.15) is 0 Å². The monoisotopic (exact) mass is 256 g/mol. The van der Waals surface area contributed by atoms with Crippen molar-refractivity contribution in [3.05, 3.63) is 0 Å². The SMILES string of the molecule is CCC1CCCC(NCC(C)(O)CN(C)C)CC1. The second-order valence-electron chi connectivity index (χ2n) is 6.60. The fourth-order valence-corrected chi connectivity index (χ4v) is 3.09. The molecule has 0 bridgehead atoms. The van der Waals surface area contributed by atoms with Crippen LogP contribution in [-0.4, -0.2) is 48.8 Å². The van der Waals surface area contributed by atoms with E-state index in [1.807, 2.05) is 25.9 Å². The van der Waals surface area contributed by atoms with Crippen molar-refractivity contribution in [3.63, 3.8) is 0 Å². The third-order valence-electron chi connectivity index (χ3n) is 4.09. The lowest BCUT2D eigenvalue weighted by Gasteiger charge is -2.29. The molecule has 108 valence electrons. The number of aliphatic hydroxyl groups is 1. The Hall–Kier alpha value is -0.120. The predicted octanol–water partition coefficient (Wildman–Crippen LogP) is 2.25. The summed E-state index contributed by atoms with van der Waals surface area (Å²) in [5.74, 6) is 0.930. The van der Waals surface area contributed by atoms with Crippen LogP contribution in [0.1, 0.15) is 52.4 Å². The maximum absolute atomic E-state index is 10.3. The highest BCUT2D eigenvalue weighted by Gasteiger charge is 2.24. The van der Waals surface area contributed by atoms with E-state index in [1.54, 1.807) is 0 Å². The van der Waals surface area contributed by atoms with Crippen LogP contribution in [0.2, 0.25) is 0 Å². The smallest absolute Gasteiger partial charge is 0.0869 e. The summed E-state index contributed by atoms with van der Waals surface area (Å²) in [5.41, 5.74) is -0.625. The number of rotatable bonds is 6. The lowest BCUT2D eigenvalue weighted by molar-refractivity contribution is 0.0308. The summed E-state index contributed by atoms with van der Waals surface area (Å²) in [6, 6.07) is 0.607. The number of nitrogens with zero attached hydrogens (tertiary/aromatic N) is 1. The first-order valence-corrected chi connectivity index (χ1v) is 7.53. The average Bonchev–Trinajstić information content (AvgIpc) is 2.49. The second kappa shape index (κ2) is 7.46. The van der Waals surface area contributed by atoms with Gasteiger partial charge in [-0.05, 0) is 46.2 Å². The molecule has 0 aromatic heterocycles. The summed E-state index contributed by atoms with van der Waals surface area (Å²) >= 11 is 0. The molecule has 0 saturated heterocycles. The van der Waals surface area contributed by atoms with E-state index in [0.29, 0.717) is 19.1 Å². The zero-order valence-corrected chi connectivity index (χ0v) is 12.7. The molecular weight excluding hydrogens is 224 g/mol. The van der Waals surface area contributed by atoms with Crippen LogP contribution in [0.4, 0.5) is 0 Å². The number of likely N-dealkylation sites (N-methyl/N-ethyl adjacent to an activating group) is 1. The fourth-order valence-electron chi connectivity index (χ4n) is 3.09. The number of hydrogen-bond donors (Lipinski definition) is 2. The van der Waals surface area contributed by atoms with Crippen LogP contribution in [0.15, 0.2) is 0 Å². The lowest BCUT2D eigenvalue weighted by Crippen LogP contribution is -2.48. The molecule has 3 heteroatoms. The maximum Gasteiger partial charge on any atom is 0.0869 e. The largest absolute Gasteiger partial charge is 0.388 e. The van der Waals surface area contributed by atoms with Gasteiger partial charge in [-0.3, -0.25) is 0 Å². The molecule has 18 heavy (non-hydrogen) atoms. The molecule has 0 amide bonds. The first kappa shape index (κ1) is 15.9. The van der Waals surface area contributed by atoms with Gasteiger partial charge in [0.25, 0.3) is 0 Å². The molecule has 0 aliphatic heterocycles. The molecule has 0 radical (unpaired) electrons. The first-order chi connectivity index (χ1) is 8.43. The van der Waals surface area contributed by atoms with E-state index in [1.165, 1.54) is 38.5 Å². The maximum atomic E-state index is 10.3. The highest BCUT2D eigenvalue weighted by molar-refractivity contribution is 4.82. The topological polar surface area (TPSA) is 35.5 Å². The normalized spacial score (nSPS) is 29.0. The van der Waals surface area contributed by atoms with Crippen molar-refractivity contribution in [2.24, 2.45) is 5.92 Å². The van der Waals surface area contributed by atoms with E-state index < -0.39 is 5.60 Å². The van der Waals surface area contributed by atoms with Gasteiger partial charge in [0, 0.05) is 19.1 Å². The minimum atomic E-state index is -0.625. The van der Waals surface area contributed by atoms with E-state index >= 15 is 0 Å². The molecule has 3 atom stereocenters.